The minimum atomic E-state index is -0.149. The van der Waals surface area contributed by atoms with Crippen LogP contribution in [-0.4, -0.2) is 18.3 Å². The minimum Gasteiger partial charge on any atom is -0.315 e. The lowest BCUT2D eigenvalue weighted by Gasteiger charge is -2.10. The van der Waals surface area contributed by atoms with Crippen LogP contribution >= 0.6 is 11.8 Å². The summed E-state index contributed by atoms with van der Waals surface area (Å²) in [4.78, 5) is 1.42. The zero-order valence-electron chi connectivity index (χ0n) is 11.3. The third kappa shape index (κ3) is 3.41. The van der Waals surface area contributed by atoms with Gasteiger partial charge in [0.05, 0.1) is 0 Å². The second-order valence-electron chi connectivity index (χ2n) is 5.14. The molecule has 1 aliphatic heterocycles. The number of halogens is 1. The Morgan fingerprint density at radius 2 is 2.05 bits per heavy atom. The fraction of sp³-hybridized carbons (Fsp3) is 0.294. The second-order valence-corrected chi connectivity index (χ2v) is 6.48. The van der Waals surface area contributed by atoms with Gasteiger partial charge in [0.25, 0.3) is 0 Å². The first-order chi connectivity index (χ1) is 9.81. The number of hydrogen-bond donors (Lipinski definition) is 1. The molecule has 1 nitrogen and oxygen atoms in total. The van der Waals surface area contributed by atoms with Gasteiger partial charge in [0.2, 0.25) is 0 Å². The Morgan fingerprint density at radius 1 is 1.15 bits per heavy atom. The Balaban J connectivity index is 1.41. The fourth-order valence-electron chi connectivity index (χ4n) is 2.56. The average molecular weight is 287 g/mol. The molecule has 1 unspecified atom stereocenters. The maximum absolute atomic E-state index is 13.0. The molecule has 0 amide bonds. The zero-order valence-corrected chi connectivity index (χ0v) is 12.1. The number of fused-ring (bicyclic) bond motifs is 1. The first-order valence-corrected chi connectivity index (χ1v) is 7.89. The van der Waals surface area contributed by atoms with Crippen LogP contribution in [0.1, 0.15) is 11.1 Å². The summed E-state index contributed by atoms with van der Waals surface area (Å²) < 4.78 is 13.0. The van der Waals surface area contributed by atoms with Crippen LogP contribution in [0.15, 0.2) is 53.4 Å². The number of nitrogens with one attached hydrogen (secondary N) is 1. The standard InChI is InChI=1S/C17H18FNS/c18-15-6-3-4-13(10-15)8-9-19-12-16-11-14-5-1-2-7-17(14)20-16/h1-7,10,16,19H,8-9,11-12H2. The highest BCUT2D eigenvalue weighted by Crippen LogP contribution is 2.36. The average Bonchev–Trinajstić information content (AvgIpc) is 2.86. The van der Waals surface area contributed by atoms with Gasteiger partial charge in [0.1, 0.15) is 5.82 Å². The molecule has 0 fully saturated rings. The van der Waals surface area contributed by atoms with Gasteiger partial charge < -0.3 is 5.32 Å². The van der Waals surface area contributed by atoms with E-state index in [1.54, 1.807) is 12.1 Å². The highest BCUT2D eigenvalue weighted by Gasteiger charge is 2.20. The summed E-state index contributed by atoms with van der Waals surface area (Å²) in [6, 6.07) is 15.5. The van der Waals surface area contributed by atoms with Crippen LogP contribution in [0.3, 0.4) is 0 Å². The maximum atomic E-state index is 13.0. The summed E-state index contributed by atoms with van der Waals surface area (Å²) in [5.74, 6) is -0.149. The molecule has 0 aliphatic carbocycles. The highest BCUT2D eigenvalue weighted by atomic mass is 32.2. The second kappa shape index (κ2) is 6.42. The topological polar surface area (TPSA) is 12.0 Å². The van der Waals surface area contributed by atoms with Crippen molar-refractivity contribution in [2.75, 3.05) is 13.1 Å². The minimum absolute atomic E-state index is 0.149. The van der Waals surface area contributed by atoms with Crippen molar-refractivity contribution in [2.45, 2.75) is 23.0 Å². The summed E-state index contributed by atoms with van der Waals surface area (Å²) >= 11 is 1.96. The predicted molar refractivity (Wildman–Crippen MR) is 82.8 cm³/mol. The van der Waals surface area contributed by atoms with Crippen LogP contribution in [0.2, 0.25) is 0 Å². The Kier molecular flexibility index (Phi) is 4.38. The summed E-state index contributed by atoms with van der Waals surface area (Å²) in [7, 11) is 0. The molecule has 0 aromatic heterocycles. The largest absolute Gasteiger partial charge is 0.315 e. The van der Waals surface area contributed by atoms with Crippen LogP contribution < -0.4 is 5.32 Å². The van der Waals surface area contributed by atoms with Crippen molar-refractivity contribution < 1.29 is 4.39 Å². The summed E-state index contributed by atoms with van der Waals surface area (Å²) in [5, 5.41) is 4.11. The Bertz CT molecular complexity index is 560. The molecule has 1 atom stereocenters. The SMILES string of the molecule is Fc1cccc(CCNCC2Cc3ccccc3S2)c1. The molecule has 104 valence electrons. The van der Waals surface area contributed by atoms with Crippen molar-refractivity contribution in [1.29, 1.82) is 0 Å². The van der Waals surface area contributed by atoms with Crippen molar-refractivity contribution in [3.8, 4) is 0 Å². The van der Waals surface area contributed by atoms with E-state index in [0.29, 0.717) is 5.25 Å². The monoisotopic (exact) mass is 287 g/mol. The summed E-state index contributed by atoms with van der Waals surface area (Å²) in [6.07, 6.45) is 2.02. The van der Waals surface area contributed by atoms with Gasteiger partial charge in [-0.25, -0.2) is 4.39 Å². The van der Waals surface area contributed by atoms with Crippen LogP contribution in [0.5, 0.6) is 0 Å². The van der Waals surface area contributed by atoms with Crippen molar-refractivity contribution >= 4 is 11.8 Å². The summed E-state index contributed by atoms with van der Waals surface area (Å²) in [6.45, 7) is 1.91. The van der Waals surface area contributed by atoms with Gasteiger partial charge in [-0.1, -0.05) is 30.3 Å². The van der Waals surface area contributed by atoms with E-state index in [2.05, 4.69) is 29.6 Å². The van der Waals surface area contributed by atoms with Crippen molar-refractivity contribution in [2.24, 2.45) is 0 Å². The maximum Gasteiger partial charge on any atom is 0.123 e. The van der Waals surface area contributed by atoms with E-state index in [9.17, 15) is 4.39 Å². The molecule has 3 rings (SSSR count). The van der Waals surface area contributed by atoms with E-state index in [4.69, 9.17) is 0 Å². The Labute approximate surface area is 123 Å². The smallest absolute Gasteiger partial charge is 0.123 e. The molecular weight excluding hydrogens is 269 g/mol. The third-order valence-electron chi connectivity index (χ3n) is 3.57. The molecule has 1 N–H and O–H groups in total. The molecule has 0 saturated carbocycles. The molecule has 0 saturated heterocycles. The molecule has 1 aliphatic rings. The van der Waals surface area contributed by atoms with Crippen molar-refractivity contribution in [3.63, 3.8) is 0 Å². The molecule has 20 heavy (non-hydrogen) atoms. The van der Waals surface area contributed by atoms with E-state index in [-0.39, 0.29) is 5.82 Å². The first-order valence-electron chi connectivity index (χ1n) is 7.01. The number of thioether (sulfide) groups is 1. The van der Waals surface area contributed by atoms with Crippen LogP contribution in [0, 0.1) is 5.82 Å². The lowest BCUT2D eigenvalue weighted by molar-refractivity contribution is 0.621. The highest BCUT2D eigenvalue weighted by molar-refractivity contribution is 8.00. The molecule has 3 heteroatoms. The van der Waals surface area contributed by atoms with E-state index in [0.717, 1.165) is 31.5 Å². The van der Waals surface area contributed by atoms with Crippen LogP contribution in [-0.2, 0) is 12.8 Å². The Hall–Kier alpha value is -1.32. The quantitative estimate of drug-likeness (QED) is 0.842. The zero-order chi connectivity index (χ0) is 13.8. The molecule has 2 aromatic rings. The van der Waals surface area contributed by atoms with E-state index < -0.39 is 0 Å². The normalized spacial score (nSPS) is 17.1. The third-order valence-corrected chi connectivity index (χ3v) is 4.88. The van der Waals surface area contributed by atoms with Gasteiger partial charge in [0, 0.05) is 16.7 Å². The van der Waals surface area contributed by atoms with E-state index in [1.807, 2.05) is 17.8 Å². The van der Waals surface area contributed by atoms with Gasteiger partial charge in [-0.15, -0.1) is 11.8 Å². The fourth-order valence-corrected chi connectivity index (χ4v) is 3.84. The molecule has 1 heterocycles. The molecular formula is C17H18FNS. The van der Waals surface area contributed by atoms with E-state index in [1.165, 1.54) is 16.5 Å². The molecule has 2 aromatic carbocycles. The Morgan fingerprint density at radius 3 is 2.90 bits per heavy atom. The predicted octanol–water partition coefficient (Wildman–Crippen LogP) is 3.67. The number of benzene rings is 2. The van der Waals surface area contributed by atoms with Crippen LogP contribution in [0.4, 0.5) is 4.39 Å². The molecule has 0 bridgehead atoms. The van der Waals surface area contributed by atoms with Crippen molar-refractivity contribution in [1.82, 2.24) is 5.32 Å². The van der Waals surface area contributed by atoms with Gasteiger partial charge in [-0.2, -0.15) is 0 Å². The van der Waals surface area contributed by atoms with Gasteiger partial charge >= 0.3 is 0 Å². The lowest BCUT2D eigenvalue weighted by atomic mass is 10.1. The van der Waals surface area contributed by atoms with Crippen LogP contribution in [0.25, 0.3) is 0 Å². The molecule has 0 spiro atoms. The first kappa shape index (κ1) is 13.7. The van der Waals surface area contributed by atoms with Gasteiger partial charge in [-0.05, 0) is 48.7 Å². The number of rotatable bonds is 5. The number of hydrogen-bond acceptors (Lipinski definition) is 2. The lowest BCUT2D eigenvalue weighted by Crippen LogP contribution is -2.26. The summed E-state index contributed by atoms with van der Waals surface area (Å²) in [5.41, 5.74) is 2.52. The van der Waals surface area contributed by atoms with Gasteiger partial charge in [0.15, 0.2) is 0 Å². The van der Waals surface area contributed by atoms with E-state index >= 15 is 0 Å². The molecule has 0 radical (unpaired) electrons. The van der Waals surface area contributed by atoms with Gasteiger partial charge in [-0.3, -0.25) is 0 Å². The van der Waals surface area contributed by atoms with Crippen molar-refractivity contribution in [3.05, 3.63) is 65.5 Å².